The molecule has 0 aliphatic carbocycles. The number of nitrogens with one attached hydrogen (secondary N) is 1. The second-order valence-electron chi connectivity index (χ2n) is 8.03. The highest BCUT2D eigenvalue weighted by Gasteiger charge is 2.19. The van der Waals surface area contributed by atoms with Gasteiger partial charge in [0.05, 0.1) is 31.5 Å². The second kappa shape index (κ2) is 11.2. The number of halogens is 1. The normalized spacial score (nSPS) is 13.5. The number of amides is 2. The van der Waals surface area contributed by atoms with Crippen molar-refractivity contribution in [1.29, 1.82) is 0 Å². The Labute approximate surface area is 204 Å². The molecule has 0 unspecified atom stereocenters. The van der Waals surface area contributed by atoms with Crippen molar-refractivity contribution in [3.8, 4) is 0 Å². The molecule has 1 aliphatic rings. The van der Waals surface area contributed by atoms with Gasteiger partial charge in [-0.1, -0.05) is 29.8 Å². The first-order chi connectivity index (χ1) is 16.5. The van der Waals surface area contributed by atoms with E-state index in [-0.39, 0.29) is 18.4 Å². The Morgan fingerprint density at radius 2 is 1.85 bits per heavy atom. The molecule has 0 saturated carbocycles. The van der Waals surface area contributed by atoms with Crippen molar-refractivity contribution in [3.05, 3.63) is 77.1 Å². The number of carbonyl (C=O) groups is 2. The summed E-state index contributed by atoms with van der Waals surface area (Å²) in [5.74, 6) is -0.497. The number of anilines is 2. The first kappa shape index (κ1) is 23.8. The van der Waals surface area contributed by atoms with Crippen molar-refractivity contribution >= 4 is 34.8 Å². The zero-order valence-corrected chi connectivity index (χ0v) is 19.9. The molecule has 2 aromatic carbocycles. The van der Waals surface area contributed by atoms with E-state index < -0.39 is 0 Å². The number of ether oxygens (including phenoxy) is 1. The Morgan fingerprint density at radius 1 is 1.12 bits per heavy atom. The molecule has 0 atom stereocenters. The van der Waals surface area contributed by atoms with E-state index in [1.54, 1.807) is 10.9 Å². The standard InChI is InChI=1S/C25H28ClN5O3/c1-2-29(25(33)20-15-27-31(17-20)16-19-5-3-4-6-23(19)26)18-24(32)28-21-7-9-22(10-8-21)30-11-13-34-14-12-30/h3-10,15,17H,2,11-14,16,18H2,1H3,(H,28,32). The van der Waals surface area contributed by atoms with Gasteiger partial charge in [0, 0.05) is 42.2 Å². The van der Waals surface area contributed by atoms with Crippen molar-refractivity contribution < 1.29 is 14.3 Å². The Balaban J connectivity index is 1.33. The maximum Gasteiger partial charge on any atom is 0.257 e. The quantitative estimate of drug-likeness (QED) is 0.532. The van der Waals surface area contributed by atoms with Gasteiger partial charge in [-0.3, -0.25) is 14.3 Å². The Morgan fingerprint density at radius 3 is 2.56 bits per heavy atom. The van der Waals surface area contributed by atoms with Gasteiger partial charge in [0.1, 0.15) is 6.54 Å². The van der Waals surface area contributed by atoms with Gasteiger partial charge in [0.2, 0.25) is 5.91 Å². The number of carbonyl (C=O) groups excluding carboxylic acids is 2. The summed E-state index contributed by atoms with van der Waals surface area (Å²) >= 11 is 6.22. The average molecular weight is 482 g/mol. The molecule has 1 N–H and O–H groups in total. The van der Waals surface area contributed by atoms with Gasteiger partial charge < -0.3 is 19.9 Å². The van der Waals surface area contributed by atoms with Crippen molar-refractivity contribution in [2.24, 2.45) is 0 Å². The summed E-state index contributed by atoms with van der Waals surface area (Å²) in [5.41, 5.74) is 3.13. The molecule has 0 bridgehead atoms. The highest BCUT2D eigenvalue weighted by atomic mass is 35.5. The molecule has 0 radical (unpaired) electrons. The highest BCUT2D eigenvalue weighted by Crippen LogP contribution is 2.19. The number of aromatic nitrogens is 2. The number of morpholine rings is 1. The topological polar surface area (TPSA) is 79.7 Å². The van der Waals surface area contributed by atoms with Crippen molar-refractivity contribution in [1.82, 2.24) is 14.7 Å². The van der Waals surface area contributed by atoms with Crippen LogP contribution in [0.15, 0.2) is 60.9 Å². The van der Waals surface area contributed by atoms with Crippen LogP contribution < -0.4 is 10.2 Å². The Kier molecular flexibility index (Phi) is 7.82. The molecule has 1 fully saturated rings. The maximum absolute atomic E-state index is 13.0. The van der Waals surface area contributed by atoms with Crippen LogP contribution in [0, 0.1) is 0 Å². The number of rotatable bonds is 8. The lowest BCUT2D eigenvalue weighted by molar-refractivity contribution is -0.116. The lowest BCUT2D eigenvalue weighted by Crippen LogP contribution is -2.37. The summed E-state index contributed by atoms with van der Waals surface area (Å²) in [5, 5.41) is 7.81. The van der Waals surface area contributed by atoms with Gasteiger partial charge in [-0.15, -0.1) is 0 Å². The van der Waals surface area contributed by atoms with E-state index in [2.05, 4.69) is 15.3 Å². The third kappa shape index (κ3) is 5.95. The van der Waals surface area contributed by atoms with Gasteiger partial charge in [-0.25, -0.2) is 0 Å². The van der Waals surface area contributed by atoms with E-state index in [0.717, 1.165) is 37.6 Å². The number of hydrogen-bond acceptors (Lipinski definition) is 5. The van der Waals surface area contributed by atoms with E-state index in [4.69, 9.17) is 16.3 Å². The third-order valence-electron chi connectivity index (χ3n) is 5.70. The molecular formula is C25H28ClN5O3. The number of nitrogens with zero attached hydrogens (tertiary/aromatic N) is 4. The van der Waals surface area contributed by atoms with E-state index >= 15 is 0 Å². The van der Waals surface area contributed by atoms with Crippen LogP contribution in [-0.2, 0) is 16.1 Å². The monoisotopic (exact) mass is 481 g/mol. The van der Waals surface area contributed by atoms with E-state index in [1.807, 2.05) is 55.5 Å². The average Bonchev–Trinajstić information content (AvgIpc) is 3.33. The SMILES string of the molecule is CCN(CC(=O)Nc1ccc(N2CCOCC2)cc1)C(=O)c1cnn(Cc2ccccc2Cl)c1. The van der Waals surface area contributed by atoms with Crippen LogP contribution in [0.25, 0.3) is 0 Å². The van der Waals surface area contributed by atoms with E-state index in [0.29, 0.717) is 29.4 Å². The molecule has 4 rings (SSSR count). The lowest BCUT2D eigenvalue weighted by atomic mass is 10.2. The molecule has 2 amide bonds. The Hall–Kier alpha value is -3.36. The lowest BCUT2D eigenvalue weighted by Gasteiger charge is -2.29. The van der Waals surface area contributed by atoms with Gasteiger partial charge in [0.15, 0.2) is 0 Å². The van der Waals surface area contributed by atoms with E-state index in [1.165, 1.54) is 11.1 Å². The highest BCUT2D eigenvalue weighted by molar-refractivity contribution is 6.31. The largest absolute Gasteiger partial charge is 0.378 e. The minimum Gasteiger partial charge on any atom is -0.378 e. The minimum absolute atomic E-state index is 0.0454. The summed E-state index contributed by atoms with van der Waals surface area (Å²) in [6, 6.07) is 15.2. The van der Waals surface area contributed by atoms with Crippen molar-refractivity contribution in [3.63, 3.8) is 0 Å². The zero-order valence-electron chi connectivity index (χ0n) is 19.1. The van der Waals surface area contributed by atoms with Crippen LogP contribution in [-0.4, -0.2) is 65.9 Å². The maximum atomic E-state index is 13.0. The van der Waals surface area contributed by atoms with Crippen LogP contribution in [0.5, 0.6) is 0 Å². The molecule has 0 spiro atoms. The summed E-state index contributed by atoms with van der Waals surface area (Å²) in [6.45, 7) is 5.81. The molecule has 2 heterocycles. The molecule has 34 heavy (non-hydrogen) atoms. The molecule has 9 heteroatoms. The molecule has 178 valence electrons. The first-order valence-electron chi connectivity index (χ1n) is 11.3. The zero-order chi connectivity index (χ0) is 23.9. The smallest absolute Gasteiger partial charge is 0.257 e. The van der Waals surface area contributed by atoms with Gasteiger partial charge >= 0.3 is 0 Å². The number of benzene rings is 2. The van der Waals surface area contributed by atoms with Gasteiger partial charge in [0.25, 0.3) is 5.91 Å². The molecule has 8 nitrogen and oxygen atoms in total. The molecular weight excluding hydrogens is 454 g/mol. The van der Waals surface area contributed by atoms with Crippen molar-refractivity contribution in [2.45, 2.75) is 13.5 Å². The third-order valence-corrected chi connectivity index (χ3v) is 6.07. The molecule has 1 aliphatic heterocycles. The van der Waals surface area contributed by atoms with Crippen LogP contribution in [0.4, 0.5) is 11.4 Å². The van der Waals surface area contributed by atoms with Crippen LogP contribution in [0.3, 0.4) is 0 Å². The summed E-state index contributed by atoms with van der Waals surface area (Å²) in [7, 11) is 0. The first-order valence-corrected chi connectivity index (χ1v) is 11.7. The fraction of sp³-hybridized carbons (Fsp3) is 0.320. The van der Waals surface area contributed by atoms with Gasteiger partial charge in [-0.05, 0) is 42.8 Å². The molecule has 3 aromatic rings. The van der Waals surface area contributed by atoms with E-state index in [9.17, 15) is 9.59 Å². The van der Waals surface area contributed by atoms with Crippen molar-refractivity contribution in [2.75, 3.05) is 49.6 Å². The van der Waals surface area contributed by atoms with Crippen LogP contribution in [0.2, 0.25) is 5.02 Å². The summed E-state index contributed by atoms with van der Waals surface area (Å²) < 4.78 is 7.05. The Bertz CT molecular complexity index is 1130. The predicted molar refractivity (Wildman–Crippen MR) is 132 cm³/mol. The predicted octanol–water partition coefficient (Wildman–Crippen LogP) is 3.52. The van der Waals surface area contributed by atoms with Crippen LogP contribution in [0.1, 0.15) is 22.8 Å². The van der Waals surface area contributed by atoms with Gasteiger partial charge in [-0.2, -0.15) is 5.10 Å². The molecule has 1 aromatic heterocycles. The molecule has 1 saturated heterocycles. The minimum atomic E-state index is -0.252. The number of likely N-dealkylation sites (N-methyl/N-ethyl adjacent to an activating group) is 1. The van der Waals surface area contributed by atoms with Crippen LogP contribution >= 0.6 is 11.6 Å². The summed E-state index contributed by atoms with van der Waals surface area (Å²) in [6.07, 6.45) is 3.20. The fourth-order valence-corrected chi connectivity index (χ4v) is 4.02. The fourth-order valence-electron chi connectivity index (χ4n) is 3.82. The summed E-state index contributed by atoms with van der Waals surface area (Å²) in [4.78, 5) is 29.3. The second-order valence-corrected chi connectivity index (χ2v) is 8.44. The number of hydrogen-bond donors (Lipinski definition) is 1.